The minimum absolute atomic E-state index is 0.156. The average molecular weight is 297 g/mol. The van der Waals surface area contributed by atoms with Crippen LogP contribution in [0.2, 0.25) is 0 Å². The first-order valence-electron chi connectivity index (χ1n) is 5.39. The highest BCUT2D eigenvalue weighted by atomic mass is 79.9. The van der Waals surface area contributed by atoms with Gasteiger partial charge in [0.25, 0.3) is 0 Å². The van der Waals surface area contributed by atoms with E-state index in [4.69, 9.17) is 0 Å². The number of urea groups is 1. The Morgan fingerprint density at radius 2 is 1.94 bits per heavy atom. The first-order chi connectivity index (χ1) is 8.09. The Morgan fingerprint density at radius 1 is 1.29 bits per heavy atom. The van der Waals surface area contributed by atoms with Gasteiger partial charge in [-0.15, -0.1) is 0 Å². The molecule has 2 rings (SSSR count). The number of nitrogens with zero attached hydrogens (tertiary/aromatic N) is 1. The third kappa shape index (κ3) is 2.49. The Balaban J connectivity index is 2.15. The SMILES string of the molecule is CC1C(Br)C(=O)NC(=O)N1Cc1ccccc1. The third-order valence-electron chi connectivity index (χ3n) is 2.85. The Hall–Kier alpha value is -1.36. The van der Waals surface area contributed by atoms with Gasteiger partial charge in [0.2, 0.25) is 5.91 Å². The number of hydrogen-bond donors (Lipinski definition) is 1. The zero-order valence-electron chi connectivity index (χ0n) is 9.39. The van der Waals surface area contributed by atoms with E-state index in [0.29, 0.717) is 6.54 Å². The predicted molar refractivity (Wildman–Crippen MR) is 67.7 cm³/mol. The highest BCUT2D eigenvalue weighted by molar-refractivity contribution is 9.10. The topological polar surface area (TPSA) is 49.4 Å². The van der Waals surface area contributed by atoms with Crippen molar-refractivity contribution in [2.24, 2.45) is 0 Å². The molecule has 1 aliphatic rings. The van der Waals surface area contributed by atoms with E-state index in [1.54, 1.807) is 4.90 Å². The molecular formula is C12H13BrN2O2. The van der Waals surface area contributed by atoms with Crippen molar-refractivity contribution in [2.45, 2.75) is 24.3 Å². The number of alkyl halides is 1. The number of imide groups is 1. The number of halogens is 1. The Bertz CT molecular complexity index is 435. The minimum Gasteiger partial charge on any atom is -0.316 e. The maximum Gasteiger partial charge on any atom is 0.324 e. The van der Waals surface area contributed by atoms with Crippen molar-refractivity contribution in [3.05, 3.63) is 35.9 Å². The van der Waals surface area contributed by atoms with Crippen LogP contribution >= 0.6 is 15.9 Å². The van der Waals surface area contributed by atoms with Gasteiger partial charge in [-0.3, -0.25) is 10.1 Å². The van der Waals surface area contributed by atoms with E-state index in [9.17, 15) is 9.59 Å². The second kappa shape index (κ2) is 4.87. The molecule has 2 unspecified atom stereocenters. The number of amides is 3. The molecule has 0 spiro atoms. The predicted octanol–water partition coefficient (Wildman–Crippen LogP) is 1.89. The van der Waals surface area contributed by atoms with Gasteiger partial charge >= 0.3 is 6.03 Å². The van der Waals surface area contributed by atoms with Crippen LogP contribution in [0.25, 0.3) is 0 Å². The van der Waals surface area contributed by atoms with Gasteiger partial charge in [-0.05, 0) is 12.5 Å². The van der Waals surface area contributed by atoms with Crippen molar-refractivity contribution in [1.82, 2.24) is 10.2 Å². The Kier molecular flexibility index (Phi) is 3.47. The molecule has 0 radical (unpaired) electrons. The first kappa shape index (κ1) is 12.1. The molecule has 5 heteroatoms. The van der Waals surface area contributed by atoms with Crippen molar-refractivity contribution in [3.8, 4) is 0 Å². The Morgan fingerprint density at radius 3 is 2.59 bits per heavy atom. The average Bonchev–Trinajstić information content (AvgIpc) is 2.33. The summed E-state index contributed by atoms with van der Waals surface area (Å²) in [5, 5.41) is 2.33. The summed E-state index contributed by atoms with van der Waals surface area (Å²) in [6.45, 7) is 2.36. The summed E-state index contributed by atoms with van der Waals surface area (Å²) in [7, 11) is 0. The van der Waals surface area contributed by atoms with Crippen LogP contribution in [0, 0.1) is 0 Å². The number of benzene rings is 1. The molecule has 1 heterocycles. The number of carbonyl (C=O) groups excluding carboxylic acids is 2. The van der Waals surface area contributed by atoms with Gasteiger partial charge in [0, 0.05) is 6.54 Å². The molecule has 0 aromatic heterocycles. The number of nitrogens with one attached hydrogen (secondary N) is 1. The lowest BCUT2D eigenvalue weighted by molar-refractivity contribution is -0.121. The molecule has 0 bridgehead atoms. The van der Waals surface area contributed by atoms with Gasteiger partial charge in [-0.2, -0.15) is 0 Å². The van der Waals surface area contributed by atoms with E-state index in [2.05, 4.69) is 21.2 Å². The van der Waals surface area contributed by atoms with Crippen LogP contribution < -0.4 is 5.32 Å². The molecule has 1 N–H and O–H groups in total. The van der Waals surface area contributed by atoms with E-state index in [-0.39, 0.29) is 22.8 Å². The van der Waals surface area contributed by atoms with E-state index in [0.717, 1.165) is 5.56 Å². The fraction of sp³-hybridized carbons (Fsp3) is 0.333. The highest BCUT2D eigenvalue weighted by Gasteiger charge is 2.36. The molecule has 0 saturated carbocycles. The highest BCUT2D eigenvalue weighted by Crippen LogP contribution is 2.19. The number of hydrogen-bond acceptors (Lipinski definition) is 2. The standard InChI is InChI=1S/C12H13BrN2O2/c1-8-10(13)11(16)14-12(17)15(8)7-9-5-3-2-4-6-9/h2-6,8,10H,7H2,1H3,(H,14,16,17). The summed E-state index contributed by atoms with van der Waals surface area (Å²) in [5.41, 5.74) is 1.04. The van der Waals surface area contributed by atoms with Gasteiger partial charge in [0.05, 0.1) is 6.04 Å². The summed E-state index contributed by atoms with van der Waals surface area (Å²) in [4.78, 5) is 24.4. The number of rotatable bonds is 2. The summed E-state index contributed by atoms with van der Waals surface area (Å²) < 4.78 is 0. The van der Waals surface area contributed by atoms with Crippen molar-refractivity contribution in [1.29, 1.82) is 0 Å². The summed E-state index contributed by atoms with van der Waals surface area (Å²) in [6, 6.07) is 9.22. The molecule has 1 aliphatic heterocycles. The molecule has 90 valence electrons. The molecule has 1 fully saturated rings. The Labute approximate surface area is 108 Å². The molecule has 1 saturated heterocycles. The quantitative estimate of drug-likeness (QED) is 0.848. The maximum atomic E-state index is 11.7. The minimum atomic E-state index is -0.357. The zero-order valence-corrected chi connectivity index (χ0v) is 11.0. The van der Waals surface area contributed by atoms with Crippen LogP contribution in [-0.2, 0) is 11.3 Å². The lowest BCUT2D eigenvalue weighted by atomic mass is 10.1. The second-order valence-corrected chi connectivity index (χ2v) is 5.04. The van der Waals surface area contributed by atoms with E-state index < -0.39 is 0 Å². The van der Waals surface area contributed by atoms with Crippen LogP contribution in [0.1, 0.15) is 12.5 Å². The van der Waals surface area contributed by atoms with Gasteiger partial charge < -0.3 is 4.90 Å². The first-order valence-corrected chi connectivity index (χ1v) is 6.30. The van der Waals surface area contributed by atoms with Crippen molar-refractivity contribution in [3.63, 3.8) is 0 Å². The fourth-order valence-electron chi connectivity index (χ4n) is 1.80. The van der Waals surface area contributed by atoms with Gasteiger partial charge in [-0.25, -0.2) is 4.79 Å². The van der Waals surface area contributed by atoms with E-state index in [1.807, 2.05) is 37.3 Å². The molecule has 2 atom stereocenters. The molecular weight excluding hydrogens is 284 g/mol. The maximum absolute atomic E-state index is 11.7. The van der Waals surface area contributed by atoms with Crippen LogP contribution in [0.5, 0.6) is 0 Å². The zero-order chi connectivity index (χ0) is 12.4. The lowest BCUT2D eigenvalue weighted by Gasteiger charge is -2.36. The summed E-state index contributed by atoms with van der Waals surface area (Å²) >= 11 is 3.29. The smallest absolute Gasteiger partial charge is 0.316 e. The molecule has 17 heavy (non-hydrogen) atoms. The van der Waals surface area contributed by atoms with Crippen molar-refractivity contribution in [2.75, 3.05) is 0 Å². The normalized spacial score (nSPS) is 24.7. The summed E-state index contributed by atoms with van der Waals surface area (Å²) in [5.74, 6) is -0.271. The van der Waals surface area contributed by atoms with Gasteiger partial charge in [0.15, 0.2) is 0 Å². The lowest BCUT2D eigenvalue weighted by Crippen LogP contribution is -2.59. The van der Waals surface area contributed by atoms with E-state index in [1.165, 1.54) is 0 Å². The van der Waals surface area contributed by atoms with Gasteiger partial charge in [0.1, 0.15) is 4.83 Å². The molecule has 1 aromatic rings. The monoisotopic (exact) mass is 296 g/mol. The van der Waals surface area contributed by atoms with Crippen LogP contribution in [0.15, 0.2) is 30.3 Å². The van der Waals surface area contributed by atoms with E-state index >= 15 is 0 Å². The van der Waals surface area contributed by atoms with Crippen LogP contribution in [0.4, 0.5) is 4.79 Å². The van der Waals surface area contributed by atoms with Crippen molar-refractivity contribution < 1.29 is 9.59 Å². The third-order valence-corrected chi connectivity index (χ3v) is 4.03. The molecule has 3 amide bonds. The number of carbonyl (C=O) groups is 2. The largest absolute Gasteiger partial charge is 0.324 e. The second-order valence-electron chi connectivity index (χ2n) is 4.05. The fourth-order valence-corrected chi connectivity index (χ4v) is 2.20. The van der Waals surface area contributed by atoms with Crippen molar-refractivity contribution >= 4 is 27.9 Å². The van der Waals surface area contributed by atoms with Crippen LogP contribution in [0.3, 0.4) is 0 Å². The molecule has 0 aliphatic carbocycles. The molecule has 1 aromatic carbocycles. The van der Waals surface area contributed by atoms with Crippen LogP contribution in [-0.4, -0.2) is 27.7 Å². The summed E-state index contributed by atoms with van der Waals surface area (Å²) in [6.07, 6.45) is 0. The van der Waals surface area contributed by atoms with Gasteiger partial charge in [-0.1, -0.05) is 46.3 Å². The molecule has 4 nitrogen and oxygen atoms in total.